The van der Waals surface area contributed by atoms with E-state index in [4.69, 9.17) is 15.4 Å². The molecule has 9 N–H and O–H groups in total. The SMILES string of the molecule is N=C1N[C@H]2[C@H](COC(=O)NS(=O)(=O)O)N(O)C(=N)N3CCC(O)(O)C23N1. The van der Waals surface area contributed by atoms with Crippen LogP contribution in [0.2, 0.25) is 0 Å². The lowest BCUT2D eigenvalue weighted by molar-refractivity contribution is -0.241. The molecule has 15 nitrogen and oxygen atoms in total. The van der Waals surface area contributed by atoms with Crippen LogP contribution in [0.15, 0.2) is 0 Å². The van der Waals surface area contributed by atoms with E-state index in [-0.39, 0.29) is 18.9 Å². The molecule has 3 fully saturated rings. The van der Waals surface area contributed by atoms with E-state index >= 15 is 0 Å². The number of nitrogens with zero attached hydrogens (tertiary/aromatic N) is 2. The lowest BCUT2D eigenvalue weighted by Gasteiger charge is -2.53. The van der Waals surface area contributed by atoms with Crippen LogP contribution in [0.3, 0.4) is 0 Å². The van der Waals surface area contributed by atoms with Crippen molar-refractivity contribution >= 4 is 28.3 Å². The van der Waals surface area contributed by atoms with Crippen molar-refractivity contribution in [2.45, 2.75) is 30.0 Å². The minimum Gasteiger partial charge on any atom is -0.446 e. The number of nitrogens with one attached hydrogen (secondary N) is 5. The Morgan fingerprint density at radius 3 is 2.69 bits per heavy atom. The Labute approximate surface area is 146 Å². The fourth-order valence-electron chi connectivity index (χ4n) is 3.53. The predicted octanol–water partition coefficient (Wildman–Crippen LogP) is -3.90. The van der Waals surface area contributed by atoms with Gasteiger partial charge in [0.05, 0.1) is 0 Å². The minimum absolute atomic E-state index is 0.0157. The third-order valence-corrected chi connectivity index (χ3v) is 4.98. The molecule has 1 spiro atoms. The number of guanidine groups is 2. The molecular formula is C10H17N7O8S. The fourth-order valence-corrected chi connectivity index (χ4v) is 3.80. The summed E-state index contributed by atoms with van der Waals surface area (Å²) in [5.74, 6) is -3.25. The van der Waals surface area contributed by atoms with Crippen LogP contribution in [-0.2, 0) is 15.0 Å². The standard InChI is InChI=1S/C10H17N7O8S/c11-6-13-5-4(3-25-8(18)15-26(22,23)24)17(21)7(12)16-2-1-9(19,20)10(5,16)14-6/h4-5,12,19-21H,1-3H2,(H,15,18)(H3,11,13,14)(H,22,23,24)/t4-,5-,10?/m0/s1. The second-order valence-electron chi connectivity index (χ2n) is 6.02. The summed E-state index contributed by atoms with van der Waals surface area (Å²) in [5.41, 5.74) is -1.78. The Morgan fingerprint density at radius 1 is 1.42 bits per heavy atom. The van der Waals surface area contributed by atoms with Crippen molar-refractivity contribution in [1.29, 1.82) is 10.8 Å². The summed E-state index contributed by atoms with van der Waals surface area (Å²) in [7, 11) is -4.85. The quantitative estimate of drug-likeness (QED) is 0.165. The zero-order valence-corrected chi connectivity index (χ0v) is 13.8. The Bertz CT molecular complexity index is 771. The first kappa shape index (κ1) is 18.4. The van der Waals surface area contributed by atoms with Gasteiger partial charge in [-0.2, -0.15) is 13.1 Å². The molecule has 1 unspecified atom stereocenters. The summed E-state index contributed by atoms with van der Waals surface area (Å²) in [6.45, 7) is -0.725. The van der Waals surface area contributed by atoms with Gasteiger partial charge in [0.15, 0.2) is 11.6 Å². The summed E-state index contributed by atoms with van der Waals surface area (Å²) >= 11 is 0. The van der Waals surface area contributed by atoms with Crippen LogP contribution in [0.5, 0.6) is 0 Å². The topological polar surface area (TPSA) is 232 Å². The second-order valence-corrected chi connectivity index (χ2v) is 7.17. The van der Waals surface area contributed by atoms with Gasteiger partial charge in [0.2, 0.25) is 11.7 Å². The lowest BCUT2D eigenvalue weighted by atomic mass is 9.86. The van der Waals surface area contributed by atoms with Gasteiger partial charge in [-0.25, -0.2) is 9.86 Å². The highest BCUT2D eigenvalue weighted by atomic mass is 32.2. The van der Waals surface area contributed by atoms with Crippen molar-refractivity contribution in [3.8, 4) is 0 Å². The van der Waals surface area contributed by atoms with Crippen molar-refractivity contribution in [3.05, 3.63) is 0 Å². The molecule has 0 bridgehead atoms. The zero-order chi connectivity index (χ0) is 19.5. The first-order chi connectivity index (χ1) is 11.9. The molecule has 3 saturated heterocycles. The van der Waals surface area contributed by atoms with Crippen molar-refractivity contribution < 1.29 is 37.9 Å². The number of amides is 1. The van der Waals surface area contributed by atoms with E-state index in [0.29, 0.717) is 5.06 Å². The van der Waals surface area contributed by atoms with Crippen LogP contribution in [0.25, 0.3) is 0 Å². The van der Waals surface area contributed by atoms with Crippen molar-refractivity contribution in [1.82, 2.24) is 25.3 Å². The van der Waals surface area contributed by atoms with Crippen LogP contribution in [0.4, 0.5) is 4.79 Å². The summed E-state index contributed by atoms with van der Waals surface area (Å²) in [6, 6.07) is -2.43. The molecule has 3 aliphatic heterocycles. The normalized spacial score (nSPS) is 32.5. The first-order valence-electron chi connectivity index (χ1n) is 7.23. The maximum absolute atomic E-state index is 11.4. The van der Waals surface area contributed by atoms with Crippen molar-refractivity contribution in [3.63, 3.8) is 0 Å². The van der Waals surface area contributed by atoms with Crippen LogP contribution < -0.4 is 15.4 Å². The molecule has 0 aromatic carbocycles. The maximum Gasteiger partial charge on any atom is 0.422 e. The van der Waals surface area contributed by atoms with E-state index in [1.54, 1.807) is 0 Å². The Morgan fingerprint density at radius 2 is 2.08 bits per heavy atom. The average molecular weight is 395 g/mol. The summed E-state index contributed by atoms with van der Waals surface area (Å²) in [5, 5.41) is 52.3. The van der Waals surface area contributed by atoms with Gasteiger partial charge in [0, 0.05) is 13.0 Å². The average Bonchev–Trinajstić information content (AvgIpc) is 2.96. The van der Waals surface area contributed by atoms with Crippen LogP contribution >= 0.6 is 0 Å². The van der Waals surface area contributed by atoms with Gasteiger partial charge in [-0.15, -0.1) is 0 Å². The second kappa shape index (κ2) is 5.55. The molecule has 0 aliphatic carbocycles. The molecule has 0 aromatic heterocycles. The number of carbonyl (C=O) groups is 1. The Kier molecular flexibility index (Phi) is 3.92. The monoisotopic (exact) mass is 395 g/mol. The number of hydrogen-bond acceptors (Lipinski definition) is 9. The van der Waals surface area contributed by atoms with Gasteiger partial charge >= 0.3 is 16.4 Å². The van der Waals surface area contributed by atoms with Gasteiger partial charge in [0.25, 0.3) is 0 Å². The molecule has 0 saturated carbocycles. The minimum atomic E-state index is -4.85. The number of aliphatic hydroxyl groups is 2. The van der Waals surface area contributed by atoms with Crippen molar-refractivity contribution in [2.24, 2.45) is 0 Å². The van der Waals surface area contributed by atoms with Gasteiger partial charge in [-0.05, 0) is 0 Å². The number of carbonyl (C=O) groups excluding carboxylic acids is 1. The number of hydrogen-bond donors (Lipinski definition) is 9. The molecule has 1 amide bonds. The van der Waals surface area contributed by atoms with Crippen LogP contribution in [-0.4, -0.2) is 93.1 Å². The van der Waals surface area contributed by atoms with E-state index < -0.39 is 52.5 Å². The van der Waals surface area contributed by atoms with Crippen molar-refractivity contribution in [2.75, 3.05) is 13.2 Å². The third kappa shape index (κ3) is 2.58. The Hall–Kier alpha value is -2.40. The molecule has 3 rings (SSSR count). The van der Waals surface area contributed by atoms with E-state index in [0.717, 1.165) is 9.62 Å². The number of ether oxygens (including phenoxy) is 1. The van der Waals surface area contributed by atoms with Crippen LogP contribution in [0, 0.1) is 10.8 Å². The summed E-state index contributed by atoms with van der Waals surface area (Å²) in [6.07, 6.45) is -1.74. The van der Waals surface area contributed by atoms with Gasteiger partial charge in [-0.1, -0.05) is 0 Å². The molecule has 16 heteroatoms. The predicted molar refractivity (Wildman–Crippen MR) is 80.2 cm³/mol. The molecule has 26 heavy (non-hydrogen) atoms. The fraction of sp³-hybridized carbons (Fsp3) is 0.700. The van der Waals surface area contributed by atoms with Gasteiger partial charge in [-0.3, -0.25) is 20.6 Å². The van der Waals surface area contributed by atoms with E-state index in [2.05, 4.69) is 15.4 Å². The third-order valence-electron chi connectivity index (χ3n) is 4.55. The highest BCUT2D eigenvalue weighted by Gasteiger charge is 2.72. The zero-order valence-electron chi connectivity index (χ0n) is 13.0. The first-order valence-corrected chi connectivity index (χ1v) is 8.67. The Balaban J connectivity index is 1.88. The van der Waals surface area contributed by atoms with E-state index in [9.17, 15) is 28.6 Å². The molecule has 3 atom stereocenters. The molecule has 146 valence electrons. The smallest absolute Gasteiger partial charge is 0.422 e. The highest BCUT2D eigenvalue weighted by molar-refractivity contribution is 7.84. The molecular weight excluding hydrogens is 378 g/mol. The van der Waals surface area contributed by atoms with Gasteiger partial charge < -0.3 is 30.5 Å². The maximum atomic E-state index is 11.4. The van der Waals surface area contributed by atoms with Crippen LogP contribution in [0.1, 0.15) is 6.42 Å². The largest absolute Gasteiger partial charge is 0.446 e. The lowest BCUT2D eigenvalue weighted by Crippen LogP contribution is -2.80. The molecule has 0 aromatic rings. The van der Waals surface area contributed by atoms with E-state index in [1.165, 1.54) is 0 Å². The van der Waals surface area contributed by atoms with Gasteiger partial charge in [0.1, 0.15) is 18.7 Å². The van der Waals surface area contributed by atoms with E-state index in [1.807, 2.05) is 0 Å². The molecule has 3 heterocycles. The summed E-state index contributed by atoms with van der Waals surface area (Å²) < 4.78 is 35.5. The number of rotatable bonds is 3. The summed E-state index contributed by atoms with van der Waals surface area (Å²) in [4.78, 5) is 12.5. The molecule has 3 aliphatic rings. The number of hydroxylamine groups is 2. The molecule has 0 radical (unpaired) electrons. The highest BCUT2D eigenvalue weighted by Crippen LogP contribution is 2.44.